The monoisotopic (exact) mass is 352 g/mol. The molecule has 2 N–H and O–H groups in total. The summed E-state index contributed by atoms with van der Waals surface area (Å²) in [6.45, 7) is 4.80. The number of rotatable bonds is 3. The summed E-state index contributed by atoms with van der Waals surface area (Å²) >= 11 is 0. The van der Waals surface area contributed by atoms with Gasteiger partial charge in [-0.1, -0.05) is 29.8 Å². The van der Waals surface area contributed by atoms with Crippen LogP contribution in [0, 0.1) is 12.8 Å². The molecule has 2 atom stereocenters. The van der Waals surface area contributed by atoms with Crippen LogP contribution >= 0.6 is 0 Å². The molecule has 3 heterocycles. The van der Waals surface area contributed by atoms with Crippen molar-refractivity contribution in [3.63, 3.8) is 0 Å². The summed E-state index contributed by atoms with van der Waals surface area (Å²) in [5.74, 6) is 1.24. The lowest BCUT2D eigenvalue weighted by atomic mass is 9.80. The third-order valence-electron chi connectivity index (χ3n) is 5.99. The average molecular weight is 352 g/mol. The fourth-order valence-corrected chi connectivity index (χ4v) is 4.49. The van der Waals surface area contributed by atoms with Crippen LogP contribution in [0.1, 0.15) is 40.4 Å². The number of carbonyl (C=O) groups is 1. The third-order valence-corrected chi connectivity index (χ3v) is 5.99. The van der Waals surface area contributed by atoms with Gasteiger partial charge in [-0.05, 0) is 43.4 Å². The Morgan fingerprint density at radius 3 is 2.65 bits per heavy atom. The molecule has 0 saturated carbocycles. The molecule has 5 nitrogen and oxygen atoms in total. The highest BCUT2D eigenvalue weighted by Crippen LogP contribution is 2.33. The van der Waals surface area contributed by atoms with Crippen LogP contribution in [0.4, 0.5) is 0 Å². The molecule has 0 radical (unpaired) electrons. The smallest absolute Gasteiger partial charge is 0.270 e. The maximum absolute atomic E-state index is 12.7. The molecule has 26 heavy (non-hydrogen) atoms. The fraction of sp³-hybridized carbons (Fsp3) is 0.476. The zero-order valence-electron chi connectivity index (χ0n) is 15.6. The van der Waals surface area contributed by atoms with Crippen LogP contribution in [0.15, 0.2) is 42.6 Å². The van der Waals surface area contributed by atoms with E-state index in [0.29, 0.717) is 17.9 Å². The summed E-state index contributed by atoms with van der Waals surface area (Å²) in [7, 11) is 1.93. The van der Waals surface area contributed by atoms with Crippen LogP contribution in [0.25, 0.3) is 0 Å². The van der Waals surface area contributed by atoms with E-state index in [4.69, 9.17) is 0 Å². The van der Waals surface area contributed by atoms with E-state index in [1.54, 1.807) is 0 Å². The molecule has 2 fully saturated rings. The lowest BCUT2D eigenvalue weighted by Crippen LogP contribution is -2.46. The molecule has 1 aromatic carbocycles. The van der Waals surface area contributed by atoms with E-state index in [1.165, 1.54) is 11.1 Å². The molecule has 0 spiro atoms. The molecule has 1 aromatic heterocycles. The first kappa shape index (κ1) is 17.3. The molecule has 2 saturated heterocycles. The van der Waals surface area contributed by atoms with Crippen molar-refractivity contribution in [3.8, 4) is 0 Å². The number of aromatic nitrogens is 1. The zero-order valence-corrected chi connectivity index (χ0v) is 15.6. The van der Waals surface area contributed by atoms with Gasteiger partial charge in [0.2, 0.25) is 0 Å². The number of amides is 1. The van der Waals surface area contributed by atoms with Gasteiger partial charge in [0, 0.05) is 44.8 Å². The average Bonchev–Trinajstić information content (AvgIpc) is 3.30. The number of hydrogen-bond donors (Lipinski definition) is 2. The van der Waals surface area contributed by atoms with Gasteiger partial charge < -0.3 is 9.47 Å². The van der Waals surface area contributed by atoms with Crippen LogP contribution in [-0.2, 0) is 7.05 Å². The van der Waals surface area contributed by atoms with Crippen molar-refractivity contribution in [1.82, 2.24) is 20.3 Å². The molecule has 1 amide bonds. The number of benzene rings is 1. The van der Waals surface area contributed by atoms with E-state index >= 15 is 0 Å². The highest BCUT2D eigenvalue weighted by molar-refractivity contribution is 5.92. The van der Waals surface area contributed by atoms with Crippen molar-refractivity contribution < 1.29 is 4.79 Å². The van der Waals surface area contributed by atoms with Crippen LogP contribution < -0.4 is 10.9 Å². The third kappa shape index (κ3) is 3.29. The van der Waals surface area contributed by atoms with Gasteiger partial charge in [-0.25, -0.2) is 0 Å². The second-order valence-electron chi connectivity index (χ2n) is 7.71. The topological polar surface area (TPSA) is 49.3 Å². The molecule has 0 bridgehead atoms. The van der Waals surface area contributed by atoms with E-state index < -0.39 is 0 Å². The number of aryl methyl sites for hydroxylation is 2. The molecular weight excluding hydrogens is 324 g/mol. The van der Waals surface area contributed by atoms with E-state index in [-0.39, 0.29) is 5.91 Å². The molecule has 2 aliphatic rings. The quantitative estimate of drug-likeness (QED) is 0.892. The van der Waals surface area contributed by atoms with Crippen molar-refractivity contribution >= 4 is 5.91 Å². The maximum Gasteiger partial charge on any atom is 0.270 e. The Labute approximate surface area is 155 Å². The summed E-state index contributed by atoms with van der Waals surface area (Å²) in [5, 5.41) is 0. The molecule has 0 aliphatic carbocycles. The van der Waals surface area contributed by atoms with Gasteiger partial charge in [-0.3, -0.25) is 15.6 Å². The Morgan fingerprint density at radius 2 is 1.96 bits per heavy atom. The van der Waals surface area contributed by atoms with Gasteiger partial charge in [0.05, 0.1) is 0 Å². The minimum absolute atomic E-state index is 0.156. The van der Waals surface area contributed by atoms with Crippen LogP contribution in [0.5, 0.6) is 0 Å². The Kier molecular flexibility index (Phi) is 4.83. The fourth-order valence-electron chi connectivity index (χ4n) is 4.49. The van der Waals surface area contributed by atoms with Crippen molar-refractivity contribution in [3.05, 3.63) is 59.4 Å². The number of carbonyl (C=O) groups excluding carboxylic acids is 1. The lowest BCUT2D eigenvalue weighted by molar-refractivity contribution is 0.0660. The second-order valence-corrected chi connectivity index (χ2v) is 7.71. The number of piperidine rings is 1. The number of nitrogens with one attached hydrogen (secondary N) is 2. The predicted molar refractivity (Wildman–Crippen MR) is 103 cm³/mol. The summed E-state index contributed by atoms with van der Waals surface area (Å²) in [5.41, 5.74) is 10.4. The van der Waals surface area contributed by atoms with Gasteiger partial charge in [0.1, 0.15) is 5.69 Å². The highest BCUT2D eigenvalue weighted by atomic mass is 16.2. The Hall–Kier alpha value is -2.11. The minimum Gasteiger partial charge on any atom is -0.347 e. The van der Waals surface area contributed by atoms with Crippen LogP contribution in [-0.4, -0.2) is 41.1 Å². The van der Waals surface area contributed by atoms with Crippen molar-refractivity contribution in [2.75, 3.05) is 19.6 Å². The number of likely N-dealkylation sites (tertiary alicyclic amines) is 1. The normalized spacial score (nSPS) is 24.2. The summed E-state index contributed by atoms with van der Waals surface area (Å²) in [6, 6.07) is 13.1. The standard InChI is InChI=1S/C21H28N4O/c1-15-5-3-6-17(13-15)18-14-22-23-20(18)16-8-11-25(12-9-16)21(26)19-7-4-10-24(19)2/h3-7,10,13,16,18,20,22-23H,8-9,11-12,14H2,1-2H3. The predicted octanol–water partition coefficient (Wildman–Crippen LogP) is 2.45. The molecule has 5 heteroatoms. The van der Waals surface area contributed by atoms with E-state index in [1.807, 2.05) is 34.8 Å². The molecule has 2 aromatic rings. The first-order valence-corrected chi connectivity index (χ1v) is 9.59. The largest absolute Gasteiger partial charge is 0.347 e. The summed E-state index contributed by atoms with van der Waals surface area (Å²) in [6.07, 6.45) is 4.04. The van der Waals surface area contributed by atoms with Crippen molar-refractivity contribution in [2.45, 2.75) is 31.7 Å². The Bertz CT molecular complexity index is 776. The number of nitrogens with zero attached hydrogens (tertiary/aromatic N) is 2. The van der Waals surface area contributed by atoms with Crippen LogP contribution in [0.2, 0.25) is 0 Å². The molecule has 4 rings (SSSR count). The van der Waals surface area contributed by atoms with Gasteiger partial charge >= 0.3 is 0 Å². The summed E-state index contributed by atoms with van der Waals surface area (Å²) < 4.78 is 1.91. The minimum atomic E-state index is 0.156. The first-order valence-electron chi connectivity index (χ1n) is 9.59. The highest BCUT2D eigenvalue weighted by Gasteiger charge is 2.37. The summed E-state index contributed by atoms with van der Waals surface area (Å²) in [4.78, 5) is 14.7. The van der Waals surface area contributed by atoms with Gasteiger partial charge in [-0.2, -0.15) is 0 Å². The molecular formula is C21H28N4O. The molecule has 138 valence electrons. The lowest BCUT2D eigenvalue weighted by Gasteiger charge is -2.36. The van der Waals surface area contributed by atoms with Gasteiger partial charge in [0.15, 0.2) is 0 Å². The SMILES string of the molecule is Cc1cccc(C2CNNC2C2CCN(C(=O)c3cccn3C)CC2)c1. The van der Waals surface area contributed by atoms with Gasteiger partial charge in [-0.15, -0.1) is 0 Å². The second kappa shape index (κ2) is 7.25. The van der Waals surface area contributed by atoms with Crippen LogP contribution in [0.3, 0.4) is 0 Å². The molecule has 2 unspecified atom stereocenters. The van der Waals surface area contributed by atoms with Gasteiger partial charge in [0.25, 0.3) is 5.91 Å². The molecule has 2 aliphatic heterocycles. The van der Waals surface area contributed by atoms with E-state index in [9.17, 15) is 4.79 Å². The zero-order chi connectivity index (χ0) is 18.1. The number of hydrazine groups is 1. The van der Waals surface area contributed by atoms with Crippen molar-refractivity contribution in [2.24, 2.45) is 13.0 Å². The van der Waals surface area contributed by atoms with Crippen molar-refractivity contribution in [1.29, 1.82) is 0 Å². The maximum atomic E-state index is 12.7. The van der Waals surface area contributed by atoms with E-state index in [2.05, 4.69) is 42.0 Å². The Morgan fingerprint density at radius 1 is 1.15 bits per heavy atom. The Balaban J connectivity index is 1.41. The first-order chi connectivity index (χ1) is 12.6. The number of hydrogen-bond acceptors (Lipinski definition) is 3. The van der Waals surface area contributed by atoms with E-state index in [0.717, 1.165) is 38.2 Å².